The van der Waals surface area contributed by atoms with Crippen molar-refractivity contribution in [3.8, 4) is 23.0 Å². The van der Waals surface area contributed by atoms with Gasteiger partial charge in [-0.2, -0.15) is 9.97 Å². The average molecular weight is 1280 g/mol. The van der Waals surface area contributed by atoms with Gasteiger partial charge in [0.2, 0.25) is 11.9 Å². The highest BCUT2D eigenvalue weighted by Gasteiger charge is 2.24. The number of nitrogens with zero attached hydrogens (tertiary/aromatic N) is 12. The Morgan fingerprint density at radius 3 is 1.44 bits per heavy atom. The summed E-state index contributed by atoms with van der Waals surface area (Å²) in [7, 11) is 0. The number of carbonyl (C=O) groups excluding carboxylic acids is 1. The zero-order chi connectivity index (χ0) is 63.6. The number of carbonyl (C=O) groups is 1. The molecule has 468 valence electrons. The van der Waals surface area contributed by atoms with E-state index in [4.69, 9.17) is 10.5 Å². The number of ether oxygens (including phenoxy) is 1. The maximum Gasteiger partial charge on any atom is 0.410 e. The minimum Gasteiger partial charge on any atom is -0.444 e. The third-order valence-corrected chi connectivity index (χ3v) is 14.7. The molecule has 0 fully saturated rings. The van der Waals surface area contributed by atoms with Crippen molar-refractivity contribution < 1.29 is 9.53 Å². The molecule has 0 atom stereocenters. The molecular weight excluding hydrogens is 1190 g/mol. The molecular formula is C69H83BrN18O2. The van der Waals surface area contributed by atoms with Gasteiger partial charge in [0.25, 0.3) is 0 Å². The summed E-state index contributed by atoms with van der Waals surface area (Å²) in [6.07, 6.45) is 12.6. The van der Waals surface area contributed by atoms with Crippen molar-refractivity contribution in [3.63, 3.8) is 0 Å². The van der Waals surface area contributed by atoms with E-state index in [1.54, 1.807) is 47.9 Å². The Balaban J connectivity index is 0.000000161. The van der Waals surface area contributed by atoms with Crippen LogP contribution in [-0.4, -0.2) is 121 Å². The van der Waals surface area contributed by atoms with Crippen molar-refractivity contribution in [1.82, 2.24) is 65.0 Å². The van der Waals surface area contributed by atoms with Gasteiger partial charge >= 0.3 is 6.09 Å². The molecule has 9 heterocycles. The summed E-state index contributed by atoms with van der Waals surface area (Å²) in [6, 6.07) is 38.4. The first-order valence-corrected chi connectivity index (χ1v) is 31.7. The number of hydrogen-bond donors (Lipinski definition) is 6. The molecule has 20 nitrogen and oxygen atoms in total. The Morgan fingerprint density at radius 2 is 0.944 bits per heavy atom. The van der Waals surface area contributed by atoms with Gasteiger partial charge in [0.15, 0.2) is 11.6 Å². The van der Waals surface area contributed by atoms with Gasteiger partial charge in [-0.1, -0.05) is 60.1 Å². The number of amides is 1. The molecule has 0 saturated carbocycles. The van der Waals surface area contributed by atoms with Gasteiger partial charge in [0.05, 0.1) is 0 Å². The van der Waals surface area contributed by atoms with Gasteiger partial charge in [0, 0.05) is 90.3 Å². The Bertz CT molecular complexity index is 3840. The number of anilines is 9. The van der Waals surface area contributed by atoms with Gasteiger partial charge in [0.1, 0.15) is 40.3 Å². The summed E-state index contributed by atoms with van der Waals surface area (Å²) in [5, 5.41) is 16.6. The fourth-order valence-corrected chi connectivity index (χ4v) is 10.3. The molecule has 12 rings (SSSR count). The molecule has 0 unspecified atom stereocenters. The predicted molar refractivity (Wildman–Crippen MR) is 365 cm³/mol. The van der Waals surface area contributed by atoms with E-state index in [-0.39, 0.29) is 6.09 Å². The highest BCUT2D eigenvalue weighted by atomic mass is 79.9. The van der Waals surface area contributed by atoms with Crippen molar-refractivity contribution in [2.24, 2.45) is 0 Å². The van der Waals surface area contributed by atoms with Crippen LogP contribution in [0.3, 0.4) is 0 Å². The molecule has 21 heteroatoms. The number of nitrogen functional groups attached to an aromatic ring is 1. The van der Waals surface area contributed by atoms with Crippen LogP contribution < -0.4 is 32.3 Å². The number of alkyl halides is 1. The number of hydrogen-bond acceptors (Lipinski definition) is 19. The number of nitrogens with two attached hydrogens (primary N) is 1. The Kier molecular flexibility index (Phi) is 22.8. The molecule has 6 aromatic heterocycles. The van der Waals surface area contributed by atoms with Gasteiger partial charge in [-0.25, -0.2) is 44.7 Å². The van der Waals surface area contributed by atoms with Crippen LogP contribution in [0, 0.1) is 13.8 Å². The van der Waals surface area contributed by atoms with Gasteiger partial charge in [-0.15, -0.1) is 0 Å². The zero-order valence-corrected chi connectivity index (χ0v) is 54.6. The van der Waals surface area contributed by atoms with E-state index in [1.807, 2.05) is 89.2 Å². The molecule has 0 aliphatic carbocycles. The normalized spacial score (nSPS) is 13.8. The van der Waals surface area contributed by atoms with E-state index in [2.05, 4.69) is 167 Å². The first-order chi connectivity index (χ1) is 43.3. The molecule has 0 radical (unpaired) electrons. The van der Waals surface area contributed by atoms with Crippen molar-refractivity contribution in [2.75, 3.05) is 66.3 Å². The quantitative estimate of drug-likeness (QED) is 0.0520. The minimum absolute atomic E-state index is 0.228. The van der Waals surface area contributed by atoms with Crippen LogP contribution in [0.25, 0.3) is 23.0 Å². The van der Waals surface area contributed by atoms with Crippen LogP contribution in [0.15, 0.2) is 140 Å². The Hall–Kier alpha value is -9.05. The van der Waals surface area contributed by atoms with E-state index < -0.39 is 5.60 Å². The highest BCUT2D eigenvalue weighted by molar-refractivity contribution is 9.09. The van der Waals surface area contributed by atoms with Crippen LogP contribution in [0.5, 0.6) is 0 Å². The molecule has 0 saturated heterocycles. The van der Waals surface area contributed by atoms with E-state index in [9.17, 15) is 4.79 Å². The molecule has 1 amide bonds. The van der Waals surface area contributed by atoms with Gasteiger partial charge in [-0.3, -0.25) is 0 Å². The largest absolute Gasteiger partial charge is 0.444 e. The Morgan fingerprint density at radius 1 is 0.522 bits per heavy atom. The van der Waals surface area contributed by atoms with Crippen molar-refractivity contribution in [1.29, 1.82) is 0 Å². The van der Waals surface area contributed by atoms with Crippen LogP contribution in [0.4, 0.5) is 57.0 Å². The summed E-state index contributed by atoms with van der Waals surface area (Å²) < 4.78 is 5.42. The lowest BCUT2D eigenvalue weighted by Gasteiger charge is -2.26. The highest BCUT2D eigenvalue weighted by Crippen LogP contribution is 2.27. The predicted octanol–water partition coefficient (Wildman–Crippen LogP) is 13.1. The molecule has 9 aromatic rings. The lowest BCUT2D eigenvalue weighted by atomic mass is 10.0. The molecule has 7 N–H and O–H groups in total. The van der Waals surface area contributed by atoms with Crippen LogP contribution >= 0.6 is 15.9 Å². The molecule has 90 heavy (non-hydrogen) atoms. The molecule has 0 spiro atoms. The number of pyridine rings is 2. The lowest BCUT2D eigenvalue weighted by molar-refractivity contribution is 0.0258. The molecule has 3 aromatic carbocycles. The number of aromatic nitrogens is 10. The first-order valence-electron chi connectivity index (χ1n) is 30.8. The van der Waals surface area contributed by atoms with Gasteiger partial charge < -0.3 is 46.9 Å². The lowest BCUT2D eigenvalue weighted by Crippen LogP contribution is -2.38. The molecule has 3 aliphatic heterocycles. The monoisotopic (exact) mass is 1270 g/mol. The third kappa shape index (κ3) is 20.0. The van der Waals surface area contributed by atoms with E-state index >= 15 is 0 Å². The van der Waals surface area contributed by atoms with Crippen molar-refractivity contribution >= 4 is 74.3 Å². The van der Waals surface area contributed by atoms with Crippen LogP contribution in [-0.2, 0) is 43.3 Å². The fourth-order valence-electron chi connectivity index (χ4n) is 10.3. The number of aryl methyl sites for hydroxylation is 2. The summed E-state index contributed by atoms with van der Waals surface area (Å²) in [5.41, 5.74) is 19.5. The second-order valence-electron chi connectivity index (χ2n) is 23.7. The number of fused-ring (bicyclic) bond motifs is 3. The number of benzene rings is 3. The average Bonchev–Trinajstić information content (AvgIpc) is 2.16. The maximum atomic E-state index is 12.1. The fraction of sp³-hybridized carbons (Fsp3) is 0.348. The second kappa shape index (κ2) is 31.4. The van der Waals surface area contributed by atoms with E-state index in [0.29, 0.717) is 70.8 Å². The summed E-state index contributed by atoms with van der Waals surface area (Å²) in [5.74, 6) is 4.74. The summed E-state index contributed by atoms with van der Waals surface area (Å²) >= 11 is 3.27. The van der Waals surface area contributed by atoms with Crippen molar-refractivity contribution in [2.45, 2.75) is 117 Å². The zero-order valence-electron chi connectivity index (χ0n) is 53.1. The minimum atomic E-state index is -0.444. The number of rotatable bonds is 11. The smallest absolute Gasteiger partial charge is 0.410 e. The number of halogens is 1. The standard InChI is InChI=1S/C27H30N8.C24H24N8.C15H22N2O2.C3H7Br/c1-18(2)35-15-11-20-7-8-22(17-21(20)12-16-35)31-27-29-14-10-25(34-27)32-24-9-13-28-26(33-24)23-6-4-5-19(3)30-23;1-16-3-2-4-20(28-16)23-26-13-9-21(31-23)30-22-10-14-27-24(32-22)29-19-6-5-17-7-11-25-12-8-18(17)15-19;1-15(2,3)19-14(18)17-8-6-11-4-5-13(16)10-12(11)7-9-17;1-3(2)4/h4-10,13-14,17-18H,11-12,15-16H2,1-3H3,(H2,28,29,31,32,33,34);2-6,9-10,13-15,25H,7-8,11-12H2,1H3,(H2,26,27,29,30,31,32);4-5,10H,6-9,16H2,1-3H3;3H,1-2H3. The summed E-state index contributed by atoms with van der Waals surface area (Å²) in [4.78, 5) is 61.9. The Labute approximate surface area is 537 Å². The van der Waals surface area contributed by atoms with Crippen molar-refractivity contribution in [3.05, 3.63) is 185 Å². The summed E-state index contributed by atoms with van der Waals surface area (Å²) in [6.45, 7) is 23.9. The SMILES string of the molecule is CC(C)(C)OC(=O)N1CCc2ccc(N)cc2CC1.CC(C)Br.Cc1cccc(-c2nccc(Nc3ccnc(Nc4ccc5c(c4)CCN(C(C)C)CC5)n3)n2)n1.Cc1cccc(-c2nccc(Nc3ccnc(Nc4ccc5c(c4)CCNCC5)n3)n2)n1. The molecule has 3 aliphatic rings. The second-order valence-corrected chi connectivity index (χ2v) is 25.6. The topological polar surface area (TPSA) is 248 Å². The number of nitrogens with one attached hydrogen (secondary N) is 5. The first kappa shape index (κ1) is 65.4. The van der Waals surface area contributed by atoms with Crippen LogP contribution in [0.1, 0.15) is 93.2 Å². The van der Waals surface area contributed by atoms with E-state index in [0.717, 1.165) is 105 Å². The molecule has 0 bridgehead atoms. The van der Waals surface area contributed by atoms with Crippen LogP contribution in [0.2, 0.25) is 0 Å². The maximum absolute atomic E-state index is 12.1. The van der Waals surface area contributed by atoms with E-state index in [1.165, 1.54) is 33.4 Å². The third-order valence-electron chi connectivity index (χ3n) is 14.7. The van der Waals surface area contributed by atoms with Gasteiger partial charge in [-0.05, 0) is 218 Å².